The van der Waals surface area contributed by atoms with Crippen LogP contribution in [0.4, 0.5) is 17.6 Å². The van der Waals surface area contributed by atoms with Crippen LogP contribution in [0, 0.1) is 5.82 Å². The average molecular weight is 545 g/mol. The van der Waals surface area contributed by atoms with Gasteiger partial charge in [0.15, 0.2) is 5.82 Å². The lowest BCUT2D eigenvalue weighted by atomic mass is 9.86. The molecular formula is C24H18Cl2F4N2O2S. The van der Waals surface area contributed by atoms with E-state index in [0.717, 1.165) is 17.7 Å². The van der Waals surface area contributed by atoms with Crippen LogP contribution in [0.3, 0.4) is 0 Å². The number of rotatable bonds is 5. The minimum atomic E-state index is -4.89. The zero-order valence-corrected chi connectivity index (χ0v) is 20.5. The van der Waals surface area contributed by atoms with E-state index in [2.05, 4.69) is 9.52 Å². The van der Waals surface area contributed by atoms with E-state index < -0.39 is 49.4 Å². The fraction of sp³-hybridized carbons (Fsp3) is 0.208. The number of alkyl halides is 3. The van der Waals surface area contributed by atoms with E-state index in [1.54, 1.807) is 54.8 Å². The van der Waals surface area contributed by atoms with Gasteiger partial charge in [-0.2, -0.15) is 13.2 Å². The van der Waals surface area contributed by atoms with E-state index in [9.17, 15) is 21.8 Å². The Hall–Kier alpha value is -2.62. The normalized spacial score (nSPS) is 19.6. The Kier molecular flexibility index (Phi) is 6.87. The van der Waals surface area contributed by atoms with Gasteiger partial charge in [-0.1, -0.05) is 70.8 Å². The first-order chi connectivity index (χ1) is 16.4. The third-order valence-corrected chi connectivity index (χ3v) is 7.92. The van der Waals surface area contributed by atoms with Crippen LogP contribution in [-0.2, 0) is 26.7 Å². The number of hydrogen-bond donors (Lipinski definition) is 0. The Morgan fingerprint density at radius 2 is 1.66 bits per heavy atom. The Morgan fingerprint density at radius 3 is 2.23 bits per heavy atom. The van der Waals surface area contributed by atoms with Gasteiger partial charge in [-0.15, -0.1) is 0 Å². The second-order valence-corrected chi connectivity index (χ2v) is 11.1. The monoisotopic (exact) mass is 544 g/mol. The maximum atomic E-state index is 14.2. The van der Waals surface area contributed by atoms with Crippen molar-refractivity contribution < 1.29 is 26.6 Å². The quantitative estimate of drug-likeness (QED) is 0.248. The van der Waals surface area contributed by atoms with Gasteiger partial charge in [0.1, 0.15) is 0 Å². The van der Waals surface area contributed by atoms with Gasteiger partial charge in [-0.25, -0.2) is 13.0 Å². The molecule has 2 atom stereocenters. The predicted octanol–water partition coefficient (Wildman–Crippen LogP) is 7.37. The number of oxime groups is 1. The summed E-state index contributed by atoms with van der Waals surface area (Å²) < 4.78 is 73.4. The highest BCUT2D eigenvalue weighted by Gasteiger charge is 2.62. The molecule has 2 unspecified atom stereocenters. The van der Waals surface area contributed by atoms with Gasteiger partial charge in [0.25, 0.3) is 5.60 Å². The lowest BCUT2D eigenvalue weighted by Crippen LogP contribution is -2.42. The van der Waals surface area contributed by atoms with Crippen molar-refractivity contribution in [1.29, 1.82) is 0 Å². The molecule has 0 fully saturated rings. The fourth-order valence-electron chi connectivity index (χ4n) is 3.60. The first-order valence-electron chi connectivity index (χ1n) is 10.2. The summed E-state index contributed by atoms with van der Waals surface area (Å²) in [6.07, 6.45) is -4.00. The lowest BCUT2D eigenvalue weighted by molar-refractivity contribution is -0.275. The topological polar surface area (TPSA) is 51.0 Å². The van der Waals surface area contributed by atoms with Crippen LogP contribution < -0.4 is 0 Å². The minimum absolute atomic E-state index is 0.0472. The molecule has 11 heteroatoms. The van der Waals surface area contributed by atoms with E-state index in [1.807, 2.05) is 6.07 Å². The number of halogens is 6. The highest BCUT2D eigenvalue weighted by molar-refractivity contribution is 7.93. The number of hydrogen-bond acceptors (Lipinski definition) is 4. The van der Waals surface area contributed by atoms with Crippen molar-refractivity contribution in [3.8, 4) is 0 Å². The third-order valence-electron chi connectivity index (χ3n) is 5.60. The first kappa shape index (κ1) is 25.5. The summed E-state index contributed by atoms with van der Waals surface area (Å²) in [5.41, 5.74) is -2.14. The average Bonchev–Trinajstić information content (AvgIpc) is 3.29. The molecule has 1 heterocycles. The first-order valence-corrected chi connectivity index (χ1v) is 12.9. The van der Waals surface area contributed by atoms with Gasteiger partial charge >= 0.3 is 6.18 Å². The lowest BCUT2D eigenvalue weighted by Gasteiger charge is -2.29. The molecule has 184 valence electrons. The Labute approximate surface area is 209 Å². The molecule has 0 aromatic heterocycles. The zero-order chi connectivity index (χ0) is 25.4. The van der Waals surface area contributed by atoms with E-state index in [4.69, 9.17) is 28.0 Å². The number of nitrogens with zero attached hydrogens (tertiary/aromatic N) is 2. The summed E-state index contributed by atoms with van der Waals surface area (Å²) in [6, 6.07) is 17.0. The molecule has 1 aliphatic rings. The van der Waals surface area contributed by atoms with Crippen molar-refractivity contribution in [2.24, 2.45) is 9.52 Å². The van der Waals surface area contributed by atoms with Gasteiger partial charge in [0, 0.05) is 23.1 Å². The van der Waals surface area contributed by atoms with Gasteiger partial charge in [0.05, 0.1) is 32.0 Å². The van der Waals surface area contributed by atoms with Gasteiger partial charge in [-0.3, -0.25) is 0 Å². The predicted molar refractivity (Wildman–Crippen MR) is 128 cm³/mol. The summed E-state index contributed by atoms with van der Waals surface area (Å²) in [6.45, 7) is 0.159. The molecule has 1 aliphatic heterocycles. The maximum Gasteiger partial charge on any atom is 0.435 e. The SMILES string of the molecule is CS(=O)(=NCc1ccc(C2=NOC(c3cc(Cl)c(F)c(Cl)c3)(C(F)(F)F)C2)cc1)c1ccccc1. The van der Waals surface area contributed by atoms with Crippen molar-refractivity contribution in [2.75, 3.05) is 6.26 Å². The maximum absolute atomic E-state index is 14.2. The summed E-state index contributed by atoms with van der Waals surface area (Å²) >= 11 is 11.5. The van der Waals surface area contributed by atoms with Crippen LogP contribution in [0.2, 0.25) is 10.0 Å². The molecule has 35 heavy (non-hydrogen) atoms. The third kappa shape index (κ3) is 5.03. The van der Waals surface area contributed by atoms with Crippen LogP contribution >= 0.6 is 23.2 Å². The van der Waals surface area contributed by atoms with Crippen LogP contribution in [0.15, 0.2) is 81.1 Å². The Bertz CT molecular complexity index is 1380. The van der Waals surface area contributed by atoms with Crippen LogP contribution in [0.1, 0.15) is 23.1 Å². The van der Waals surface area contributed by atoms with Crippen molar-refractivity contribution in [3.05, 3.63) is 99.3 Å². The summed E-state index contributed by atoms with van der Waals surface area (Å²) in [7, 11) is -2.60. The molecule has 3 aromatic rings. The van der Waals surface area contributed by atoms with Crippen molar-refractivity contribution in [3.63, 3.8) is 0 Å². The second kappa shape index (κ2) is 9.44. The highest BCUT2D eigenvalue weighted by atomic mass is 35.5. The van der Waals surface area contributed by atoms with Gasteiger partial charge < -0.3 is 4.84 Å². The molecule has 0 saturated carbocycles. The van der Waals surface area contributed by atoms with E-state index in [0.29, 0.717) is 10.5 Å². The molecule has 0 saturated heterocycles. The minimum Gasteiger partial charge on any atom is -0.374 e. The fourth-order valence-corrected chi connectivity index (χ4v) is 5.29. The van der Waals surface area contributed by atoms with E-state index in [1.165, 1.54) is 0 Å². The molecule has 4 nitrogen and oxygen atoms in total. The van der Waals surface area contributed by atoms with Crippen LogP contribution in [0.25, 0.3) is 0 Å². The molecule has 4 rings (SSSR count). The molecule has 0 N–H and O–H groups in total. The van der Waals surface area contributed by atoms with E-state index in [-0.39, 0.29) is 12.3 Å². The zero-order valence-electron chi connectivity index (χ0n) is 18.2. The summed E-state index contributed by atoms with van der Waals surface area (Å²) in [4.78, 5) is 5.56. The van der Waals surface area contributed by atoms with E-state index >= 15 is 0 Å². The molecule has 0 radical (unpaired) electrons. The van der Waals surface area contributed by atoms with Crippen molar-refractivity contribution in [1.82, 2.24) is 0 Å². The van der Waals surface area contributed by atoms with Crippen molar-refractivity contribution in [2.45, 2.75) is 29.6 Å². The molecule has 0 amide bonds. The molecule has 0 aliphatic carbocycles. The van der Waals surface area contributed by atoms with Gasteiger partial charge in [-0.05, 0) is 35.4 Å². The standard InChI is InChI=1S/C24H18Cl2F4N2O2S/c1-35(33,18-5-3-2-4-6-18)31-14-15-7-9-16(10-8-15)21-13-23(34-32-21,24(28,29)30)17-11-19(25)22(27)20(26)12-17/h2-12H,13-14H2,1H3. The Balaban J connectivity index is 1.57. The molecule has 0 bridgehead atoms. The summed E-state index contributed by atoms with van der Waals surface area (Å²) in [5, 5.41) is 2.58. The van der Waals surface area contributed by atoms with Crippen molar-refractivity contribution >= 4 is 38.6 Å². The summed E-state index contributed by atoms with van der Waals surface area (Å²) in [5.74, 6) is -1.02. The smallest absolute Gasteiger partial charge is 0.374 e. The molecule has 0 spiro atoms. The van der Waals surface area contributed by atoms with Crippen LogP contribution in [-0.4, -0.2) is 22.4 Å². The molecular weight excluding hydrogens is 527 g/mol. The largest absolute Gasteiger partial charge is 0.435 e. The highest BCUT2D eigenvalue weighted by Crippen LogP contribution is 2.50. The second-order valence-electron chi connectivity index (χ2n) is 7.98. The van der Waals surface area contributed by atoms with Gasteiger partial charge in [0.2, 0.25) is 0 Å². The Morgan fingerprint density at radius 1 is 1.06 bits per heavy atom. The number of benzene rings is 3. The molecule has 3 aromatic carbocycles. The van der Waals surface area contributed by atoms with Crippen LogP contribution in [0.5, 0.6) is 0 Å².